The number of rotatable bonds is 6. The maximum absolute atomic E-state index is 10.1. The fourth-order valence-electron chi connectivity index (χ4n) is 1.33. The molecule has 0 saturated heterocycles. The van der Waals surface area contributed by atoms with Crippen molar-refractivity contribution >= 4 is 0 Å². The maximum atomic E-state index is 10.1. The highest BCUT2D eigenvalue weighted by Crippen LogP contribution is 2.01. The average Bonchev–Trinajstić information content (AvgIpc) is 2.25. The maximum Gasteiger partial charge on any atom is 0.273 e. The summed E-state index contributed by atoms with van der Waals surface area (Å²) in [6, 6.07) is 10.1. The molecule has 0 aliphatic rings. The minimum Gasteiger partial charge on any atom is -0.380 e. The molecule has 0 radical (unpaired) electrons. The van der Waals surface area contributed by atoms with Gasteiger partial charge in [-0.2, -0.15) is 0 Å². The van der Waals surface area contributed by atoms with E-state index < -0.39 is 4.92 Å². The summed E-state index contributed by atoms with van der Waals surface area (Å²) in [5.74, 6) is 0.0954. The molecule has 1 rings (SSSR count). The van der Waals surface area contributed by atoms with Crippen molar-refractivity contribution in [3.63, 3.8) is 0 Å². The second-order valence-corrected chi connectivity index (χ2v) is 3.39. The number of nitrogens with zero attached hydrogens (tertiary/aromatic N) is 1. The lowest BCUT2D eigenvalue weighted by Crippen LogP contribution is -2.22. The predicted molar refractivity (Wildman–Crippen MR) is 62.0 cm³/mol. The van der Waals surface area contributed by atoms with Gasteiger partial charge in [0.2, 0.25) is 0 Å². The van der Waals surface area contributed by atoms with E-state index in [4.69, 9.17) is 5.73 Å². The van der Waals surface area contributed by atoms with Crippen molar-refractivity contribution in [2.75, 3.05) is 6.54 Å². The van der Waals surface area contributed by atoms with Crippen LogP contribution in [-0.4, -0.2) is 11.5 Å². The van der Waals surface area contributed by atoms with Gasteiger partial charge in [0, 0.05) is 6.54 Å². The van der Waals surface area contributed by atoms with E-state index in [9.17, 15) is 10.1 Å². The molecule has 0 atom stereocenters. The second-order valence-electron chi connectivity index (χ2n) is 3.39. The second kappa shape index (κ2) is 6.44. The lowest BCUT2D eigenvalue weighted by molar-refractivity contribution is -0.403. The Hall–Kier alpha value is -2.04. The number of benzene rings is 1. The van der Waals surface area contributed by atoms with Crippen molar-refractivity contribution in [3.05, 3.63) is 58.0 Å². The van der Waals surface area contributed by atoms with Crippen molar-refractivity contribution in [2.24, 2.45) is 5.73 Å². The molecule has 0 spiro atoms. The molecule has 0 fully saturated rings. The van der Waals surface area contributed by atoms with Crippen LogP contribution >= 0.6 is 0 Å². The number of hydrogen-bond acceptors (Lipinski definition) is 4. The van der Waals surface area contributed by atoms with Crippen LogP contribution in [-0.2, 0) is 6.42 Å². The minimum absolute atomic E-state index is 0.0954. The zero-order valence-corrected chi connectivity index (χ0v) is 8.93. The standard InChI is InChI=1S/C11H15N3O2/c12-11(9-14(15)16)13-8-4-7-10-5-2-1-3-6-10/h1-3,5-6,9,13H,4,7-8,12H2/b11-9+. The molecular weight excluding hydrogens is 206 g/mol. The van der Waals surface area contributed by atoms with Crippen molar-refractivity contribution in [2.45, 2.75) is 12.8 Å². The Bertz CT molecular complexity index is 363. The third-order valence-corrected chi connectivity index (χ3v) is 2.06. The monoisotopic (exact) mass is 221 g/mol. The van der Waals surface area contributed by atoms with Crippen LogP contribution in [0.4, 0.5) is 0 Å². The van der Waals surface area contributed by atoms with Crippen LogP contribution < -0.4 is 11.1 Å². The van der Waals surface area contributed by atoms with Crippen LogP contribution in [0.3, 0.4) is 0 Å². The molecule has 0 unspecified atom stereocenters. The lowest BCUT2D eigenvalue weighted by Gasteiger charge is -2.04. The van der Waals surface area contributed by atoms with Crippen molar-refractivity contribution < 1.29 is 4.92 Å². The molecule has 0 aliphatic carbocycles. The molecule has 0 bridgehead atoms. The number of aryl methyl sites for hydroxylation is 1. The third-order valence-electron chi connectivity index (χ3n) is 2.06. The van der Waals surface area contributed by atoms with Crippen LogP contribution in [0.5, 0.6) is 0 Å². The molecule has 0 saturated carbocycles. The van der Waals surface area contributed by atoms with E-state index in [1.807, 2.05) is 18.2 Å². The molecular formula is C11H15N3O2. The SMILES string of the molecule is N/C(=C\[N+](=O)[O-])NCCCc1ccccc1. The number of hydrogen-bond donors (Lipinski definition) is 2. The molecule has 0 aliphatic heterocycles. The highest BCUT2D eigenvalue weighted by molar-refractivity contribution is 5.14. The average molecular weight is 221 g/mol. The molecule has 3 N–H and O–H groups in total. The van der Waals surface area contributed by atoms with Gasteiger partial charge in [-0.3, -0.25) is 10.1 Å². The largest absolute Gasteiger partial charge is 0.380 e. The zero-order valence-electron chi connectivity index (χ0n) is 8.93. The van der Waals surface area contributed by atoms with E-state index >= 15 is 0 Å². The first-order valence-corrected chi connectivity index (χ1v) is 5.07. The minimum atomic E-state index is -0.570. The van der Waals surface area contributed by atoms with Gasteiger partial charge in [0.05, 0.1) is 4.92 Å². The van der Waals surface area contributed by atoms with E-state index in [0.717, 1.165) is 19.0 Å². The molecule has 5 nitrogen and oxygen atoms in total. The van der Waals surface area contributed by atoms with E-state index in [1.54, 1.807) is 0 Å². The Balaban J connectivity index is 2.20. The van der Waals surface area contributed by atoms with Gasteiger partial charge in [-0.05, 0) is 18.4 Å². The Kier molecular flexibility index (Phi) is 4.85. The van der Waals surface area contributed by atoms with Crippen LogP contribution in [0.15, 0.2) is 42.4 Å². The smallest absolute Gasteiger partial charge is 0.273 e. The van der Waals surface area contributed by atoms with E-state index in [-0.39, 0.29) is 5.82 Å². The van der Waals surface area contributed by atoms with E-state index in [0.29, 0.717) is 6.54 Å². The van der Waals surface area contributed by atoms with Gasteiger partial charge in [-0.1, -0.05) is 30.3 Å². The Labute approximate surface area is 94.1 Å². The lowest BCUT2D eigenvalue weighted by atomic mass is 10.1. The zero-order chi connectivity index (χ0) is 11.8. The molecule has 1 aromatic carbocycles. The van der Waals surface area contributed by atoms with Gasteiger partial charge >= 0.3 is 0 Å². The first-order chi connectivity index (χ1) is 7.68. The summed E-state index contributed by atoms with van der Waals surface area (Å²) in [5.41, 5.74) is 6.61. The molecule has 1 aromatic rings. The summed E-state index contributed by atoms with van der Waals surface area (Å²) in [4.78, 5) is 9.50. The summed E-state index contributed by atoms with van der Waals surface area (Å²) in [6.07, 6.45) is 2.58. The van der Waals surface area contributed by atoms with Crippen molar-refractivity contribution in [1.29, 1.82) is 0 Å². The van der Waals surface area contributed by atoms with Gasteiger partial charge in [-0.15, -0.1) is 0 Å². The Morgan fingerprint density at radius 1 is 1.44 bits per heavy atom. The van der Waals surface area contributed by atoms with E-state index in [2.05, 4.69) is 17.4 Å². The third kappa shape index (κ3) is 4.99. The fourth-order valence-corrected chi connectivity index (χ4v) is 1.33. The van der Waals surface area contributed by atoms with Gasteiger partial charge in [0.25, 0.3) is 6.20 Å². The normalized spacial score (nSPS) is 11.1. The predicted octanol–water partition coefficient (Wildman–Crippen LogP) is 1.24. The van der Waals surface area contributed by atoms with Crippen molar-refractivity contribution in [1.82, 2.24) is 5.32 Å². The summed E-state index contributed by atoms with van der Waals surface area (Å²) in [6.45, 7) is 0.630. The molecule has 5 heteroatoms. The highest BCUT2D eigenvalue weighted by atomic mass is 16.6. The fraction of sp³-hybridized carbons (Fsp3) is 0.273. The molecule has 0 heterocycles. The topological polar surface area (TPSA) is 81.2 Å². The molecule has 0 amide bonds. The first-order valence-electron chi connectivity index (χ1n) is 5.07. The van der Waals surface area contributed by atoms with Crippen LogP contribution in [0.2, 0.25) is 0 Å². The van der Waals surface area contributed by atoms with Crippen molar-refractivity contribution in [3.8, 4) is 0 Å². The molecule has 86 valence electrons. The number of nitrogens with two attached hydrogens (primary N) is 1. The van der Waals surface area contributed by atoms with Gasteiger partial charge in [0.15, 0.2) is 5.82 Å². The molecule has 0 aromatic heterocycles. The first kappa shape index (κ1) is 12.0. The van der Waals surface area contributed by atoms with Crippen LogP contribution in [0.1, 0.15) is 12.0 Å². The van der Waals surface area contributed by atoms with Gasteiger partial charge in [0.1, 0.15) is 0 Å². The molecule has 16 heavy (non-hydrogen) atoms. The number of nitro groups is 1. The summed E-state index contributed by atoms with van der Waals surface area (Å²) < 4.78 is 0. The van der Waals surface area contributed by atoms with Gasteiger partial charge < -0.3 is 11.1 Å². The Morgan fingerprint density at radius 2 is 2.12 bits per heavy atom. The number of nitrogens with one attached hydrogen (secondary N) is 1. The quantitative estimate of drug-likeness (QED) is 0.430. The summed E-state index contributed by atoms with van der Waals surface area (Å²) in [5, 5.41) is 12.9. The van der Waals surface area contributed by atoms with Crippen LogP contribution in [0.25, 0.3) is 0 Å². The van der Waals surface area contributed by atoms with Crippen LogP contribution in [0, 0.1) is 10.1 Å². The summed E-state index contributed by atoms with van der Waals surface area (Å²) in [7, 11) is 0. The highest BCUT2D eigenvalue weighted by Gasteiger charge is 1.96. The van der Waals surface area contributed by atoms with E-state index in [1.165, 1.54) is 5.56 Å². The van der Waals surface area contributed by atoms with Gasteiger partial charge in [-0.25, -0.2) is 0 Å². The summed E-state index contributed by atoms with van der Waals surface area (Å²) >= 11 is 0. The Morgan fingerprint density at radius 3 is 2.75 bits per heavy atom.